The molecule has 0 N–H and O–H groups in total. The minimum absolute atomic E-state index is 0.257. The Labute approximate surface area is 204 Å². The van der Waals surface area contributed by atoms with Gasteiger partial charge >= 0.3 is 5.56 Å². The highest BCUT2D eigenvalue weighted by Gasteiger charge is 2.25. The summed E-state index contributed by atoms with van der Waals surface area (Å²) in [4.78, 5) is 15.7. The van der Waals surface area contributed by atoms with Gasteiger partial charge in [0, 0.05) is 37.8 Å². The van der Waals surface area contributed by atoms with Crippen LogP contribution in [0, 0.1) is 5.82 Å². The van der Waals surface area contributed by atoms with Crippen LogP contribution in [-0.2, 0) is 6.42 Å². The van der Waals surface area contributed by atoms with E-state index in [0.29, 0.717) is 28.6 Å². The first-order valence-corrected chi connectivity index (χ1v) is 12.5. The highest BCUT2D eigenvalue weighted by atomic mass is 32.2. The number of halogens is 1. The van der Waals surface area contributed by atoms with Crippen molar-refractivity contribution in [3.63, 3.8) is 0 Å². The molecule has 0 bridgehead atoms. The Balaban J connectivity index is 1.63. The van der Waals surface area contributed by atoms with Gasteiger partial charge in [0.15, 0.2) is 0 Å². The van der Waals surface area contributed by atoms with Crippen LogP contribution in [-0.4, -0.2) is 51.6 Å². The van der Waals surface area contributed by atoms with Gasteiger partial charge in [0.1, 0.15) is 17.6 Å². The number of anilines is 1. The predicted molar refractivity (Wildman–Crippen MR) is 137 cm³/mol. The number of aromatic nitrogens is 2. The number of rotatable bonds is 8. The molecule has 1 fully saturated rings. The van der Waals surface area contributed by atoms with Crippen molar-refractivity contribution in [1.29, 1.82) is 0 Å². The second-order valence-corrected chi connectivity index (χ2v) is 10.4. The molecule has 8 heteroatoms. The molecule has 0 aliphatic carbocycles. The molecule has 1 saturated heterocycles. The van der Waals surface area contributed by atoms with Gasteiger partial charge in [0.25, 0.3) is 0 Å². The molecular formula is C26H31FN4O2S. The molecule has 1 atom stereocenters. The summed E-state index contributed by atoms with van der Waals surface area (Å²) < 4.78 is 24.2. The third-order valence-electron chi connectivity index (χ3n) is 5.64. The fourth-order valence-corrected chi connectivity index (χ4v) is 5.04. The topological polar surface area (TPSA) is 50.6 Å². The van der Waals surface area contributed by atoms with Crippen LogP contribution >= 0.6 is 11.9 Å². The zero-order valence-corrected chi connectivity index (χ0v) is 20.7. The highest BCUT2D eigenvalue weighted by Crippen LogP contribution is 2.28. The number of hydrogen-bond acceptors (Lipinski definition) is 6. The summed E-state index contributed by atoms with van der Waals surface area (Å²) in [6.07, 6.45) is 1.68. The Morgan fingerprint density at radius 3 is 2.35 bits per heavy atom. The van der Waals surface area contributed by atoms with E-state index in [1.807, 2.05) is 49.2 Å². The third-order valence-corrected chi connectivity index (χ3v) is 6.72. The molecule has 1 aliphatic rings. The van der Waals surface area contributed by atoms with Gasteiger partial charge in [0.2, 0.25) is 5.75 Å². The van der Waals surface area contributed by atoms with Crippen LogP contribution in [0.5, 0.6) is 5.75 Å². The van der Waals surface area contributed by atoms with Gasteiger partial charge in [-0.3, -0.25) is 4.79 Å². The first-order chi connectivity index (χ1) is 16.4. The summed E-state index contributed by atoms with van der Waals surface area (Å²) >= 11 is 1.85. The molecule has 2 heterocycles. The molecule has 4 rings (SSSR count). The number of para-hydroxylation sites is 1. The SMILES string of the molecule is CC(Cc1ccccc1F)Oc1c(N2CCN(SC(C)C)CC2)cnn(-c2ccccc2)c1=O. The van der Waals surface area contributed by atoms with Gasteiger partial charge in [0.05, 0.1) is 11.9 Å². The van der Waals surface area contributed by atoms with Crippen LogP contribution in [0.2, 0.25) is 0 Å². The number of ether oxygens (including phenoxy) is 1. The maximum atomic E-state index is 14.2. The summed E-state index contributed by atoms with van der Waals surface area (Å²) in [6.45, 7) is 9.55. The van der Waals surface area contributed by atoms with Crippen molar-refractivity contribution in [2.45, 2.75) is 38.5 Å². The molecular weight excluding hydrogens is 451 g/mol. The Kier molecular flexibility index (Phi) is 7.90. The molecule has 1 aromatic heterocycles. The molecule has 0 amide bonds. The van der Waals surface area contributed by atoms with Crippen LogP contribution in [0.1, 0.15) is 26.3 Å². The minimum Gasteiger partial charge on any atom is -0.483 e. The van der Waals surface area contributed by atoms with E-state index in [9.17, 15) is 9.18 Å². The summed E-state index contributed by atoms with van der Waals surface area (Å²) in [5.41, 5.74) is 1.60. The molecule has 3 aromatic rings. The summed E-state index contributed by atoms with van der Waals surface area (Å²) in [5.74, 6) is -0.0129. The molecule has 1 aliphatic heterocycles. The normalized spacial score (nSPS) is 15.5. The van der Waals surface area contributed by atoms with Crippen LogP contribution < -0.4 is 15.2 Å². The van der Waals surface area contributed by atoms with Crippen molar-refractivity contribution in [3.8, 4) is 11.4 Å². The quantitative estimate of drug-likeness (QED) is 0.439. The van der Waals surface area contributed by atoms with Crippen molar-refractivity contribution in [2.24, 2.45) is 0 Å². The smallest absolute Gasteiger partial charge is 0.316 e. The predicted octanol–water partition coefficient (Wildman–Crippen LogP) is 4.56. The molecule has 0 saturated carbocycles. The lowest BCUT2D eigenvalue weighted by molar-refractivity contribution is 0.216. The van der Waals surface area contributed by atoms with E-state index in [4.69, 9.17) is 4.74 Å². The average Bonchev–Trinajstić information content (AvgIpc) is 2.83. The zero-order valence-electron chi connectivity index (χ0n) is 19.9. The van der Waals surface area contributed by atoms with Crippen molar-refractivity contribution in [1.82, 2.24) is 14.1 Å². The largest absolute Gasteiger partial charge is 0.483 e. The summed E-state index contributed by atoms with van der Waals surface area (Å²) in [7, 11) is 0. The molecule has 6 nitrogen and oxygen atoms in total. The lowest BCUT2D eigenvalue weighted by Crippen LogP contribution is -2.45. The van der Waals surface area contributed by atoms with E-state index in [2.05, 4.69) is 28.2 Å². The second kappa shape index (κ2) is 11.1. The van der Waals surface area contributed by atoms with Crippen LogP contribution in [0.25, 0.3) is 5.69 Å². The molecule has 0 spiro atoms. The number of hydrogen-bond donors (Lipinski definition) is 0. The number of benzene rings is 2. The van der Waals surface area contributed by atoms with E-state index < -0.39 is 6.10 Å². The Morgan fingerprint density at radius 2 is 1.68 bits per heavy atom. The standard InChI is InChI=1S/C26H31FN4O2S/c1-19(2)34-30-15-13-29(14-16-30)24-18-28-31(22-10-5-4-6-11-22)26(32)25(24)33-20(3)17-21-9-7-8-12-23(21)27/h4-12,18-20H,13-17H2,1-3H3. The Bertz CT molecular complexity index is 1150. The maximum absolute atomic E-state index is 14.2. The average molecular weight is 483 g/mol. The van der Waals surface area contributed by atoms with Crippen LogP contribution in [0.15, 0.2) is 65.6 Å². The molecule has 2 aromatic carbocycles. The Morgan fingerprint density at radius 1 is 1.00 bits per heavy atom. The lowest BCUT2D eigenvalue weighted by Gasteiger charge is -2.36. The number of nitrogens with zero attached hydrogens (tertiary/aromatic N) is 4. The maximum Gasteiger partial charge on any atom is 0.316 e. The molecule has 1 unspecified atom stereocenters. The lowest BCUT2D eigenvalue weighted by atomic mass is 10.1. The molecule has 0 radical (unpaired) electrons. The number of piperazine rings is 1. The zero-order chi connectivity index (χ0) is 24.1. The van der Waals surface area contributed by atoms with Gasteiger partial charge in [-0.15, -0.1) is 0 Å². The second-order valence-electron chi connectivity index (χ2n) is 8.71. The first kappa shape index (κ1) is 24.3. The molecule has 180 valence electrons. The fraction of sp³-hybridized carbons (Fsp3) is 0.385. The highest BCUT2D eigenvalue weighted by molar-refractivity contribution is 7.97. The summed E-state index contributed by atoms with van der Waals surface area (Å²) in [6, 6.07) is 16.0. The van der Waals surface area contributed by atoms with Crippen molar-refractivity contribution in [2.75, 3.05) is 31.1 Å². The first-order valence-electron chi connectivity index (χ1n) is 11.7. The van der Waals surface area contributed by atoms with Gasteiger partial charge in [-0.05, 0) is 30.7 Å². The minimum atomic E-state index is -0.396. The van der Waals surface area contributed by atoms with E-state index in [1.165, 1.54) is 10.7 Å². The van der Waals surface area contributed by atoms with Crippen LogP contribution in [0.4, 0.5) is 10.1 Å². The third kappa shape index (κ3) is 5.80. The van der Waals surface area contributed by atoms with E-state index in [-0.39, 0.29) is 17.1 Å². The fourth-order valence-electron chi connectivity index (χ4n) is 4.07. The van der Waals surface area contributed by atoms with Crippen molar-refractivity contribution in [3.05, 3.63) is 82.5 Å². The van der Waals surface area contributed by atoms with Gasteiger partial charge in [-0.25, -0.2) is 8.70 Å². The van der Waals surface area contributed by atoms with E-state index in [0.717, 1.165) is 26.2 Å². The van der Waals surface area contributed by atoms with E-state index in [1.54, 1.807) is 24.4 Å². The molecule has 34 heavy (non-hydrogen) atoms. The summed E-state index contributed by atoms with van der Waals surface area (Å²) in [5, 5.41) is 4.99. The van der Waals surface area contributed by atoms with Gasteiger partial charge < -0.3 is 9.64 Å². The van der Waals surface area contributed by atoms with Crippen LogP contribution in [0.3, 0.4) is 0 Å². The van der Waals surface area contributed by atoms with E-state index >= 15 is 0 Å². The Hall–Kier alpha value is -2.84. The van der Waals surface area contributed by atoms with Gasteiger partial charge in [-0.2, -0.15) is 9.78 Å². The van der Waals surface area contributed by atoms with Gasteiger partial charge in [-0.1, -0.05) is 62.2 Å². The van der Waals surface area contributed by atoms with Crippen molar-refractivity contribution < 1.29 is 9.13 Å². The van der Waals surface area contributed by atoms with Crippen molar-refractivity contribution >= 4 is 17.6 Å². The monoisotopic (exact) mass is 482 g/mol.